The lowest BCUT2D eigenvalue weighted by molar-refractivity contribution is -0.152. The van der Waals surface area contributed by atoms with Gasteiger partial charge in [-0.2, -0.15) is 0 Å². The predicted molar refractivity (Wildman–Crippen MR) is 71.8 cm³/mol. The number of carbonyl (C=O) groups is 4. The Balaban J connectivity index is 4.08. The second-order valence-electron chi connectivity index (χ2n) is 4.10. The number of carbonyl (C=O) groups excluding carboxylic acids is 4. The van der Waals surface area contributed by atoms with Gasteiger partial charge in [0.15, 0.2) is 6.61 Å². The van der Waals surface area contributed by atoms with E-state index < -0.39 is 30.5 Å². The van der Waals surface area contributed by atoms with Crippen molar-refractivity contribution in [3.63, 3.8) is 0 Å². The Morgan fingerprint density at radius 3 is 2.38 bits per heavy atom. The molecule has 0 bridgehead atoms. The number of nitrogens with two attached hydrogens (primary N) is 1. The molecular formula is C12H19N3O6. The lowest BCUT2D eigenvalue weighted by Crippen LogP contribution is -2.44. The topological polar surface area (TPSA) is 128 Å². The molecule has 0 aromatic carbocycles. The molecule has 2 amide bonds. The van der Waals surface area contributed by atoms with Gasteiger partial charge in [-0.25, -0.2) is 4.79 Å². The molecule has 118 valence electrons. The molecule has 0 aromatic heterocycles. The van der Waals surface area contributed by atoms with Crippen molar-refractivity contribution >= 4 is 23.8 Å². The molecule has 3 N–H and O–H groups in total. The highest BCUT2D eigenvalue weighted by Crippen LogP contribution is 1.88. The molecule has 0 rings (SSSR count). The van der Waals surface area contributed by atoms with Crippen molar-refractivity contribution in [1.82, 2.24) is 10.2 Å². The maximum absolute atomic E-state index is 11.4. The molecule has 21 heavy (non-hydrogen) atoms. The molecule has 1 atom stereocenters. The van der Waals surface area contributed by atoms with Gasteiger partial charge in [0.05, 0.1) is 7.11 Å². The van der Waals surface area contributed by atoms with Crippen LogP contribution in [0.1, 0.15) is 0 Å². The Morgan fingerprint density at radius 2 is 1.86 bits per heavy atom. The molecule has 0 saturated heterocycles. The summed E-state index contributed by atoms with van der Waals surface area (Å²) >= 11 is 0. The van der Waals surface area contributed by atoms with Crippen LogP contribution < -0.4 is 11.1 Å². The van der Waals surface area contributed by atoms with Crippen LogP contribution in [-0.2, 0) is 28.7 Å². The third-order valence-corrected chi connectivity index (χ3v) is 2.21. The van der Waals surface area contributed by atoms with Crippen LogP contribution >= 0.6 is 0 Å². The molecule has 0 fully saturated rings. The Hall–Kier alpha value is -2.42. The van der Waals surface area contributed by atoms with Crippen molar-refractivity contribution in [2.75, 3.05) is 34.4 Å². The largest absolute Gasteiger partial charge is 0.466 e. The van der Waals surface area contributed by atoms with Gasteiger partial charge in [-0.05, 0) is 0 Å². The minimum Gasteiger partial charge on any atom is -0.466 e. The van der Waals surface area contributed by atoms with Crippen molar-refractivity contribution in [2.45, 2.75) is 6.04 Å². The number of methoxy groups -OCH3 is 1. The summed E-state index contributed by atoms with van der Waals surface area (Å²) < 4.78 is 8.97. The highest BCUT2D eigenvalue weighted by molar-refractivity contribution is 5.94. The van der Waals surface area contributed by atoms with Crippen molar-refractivity contribution in [1.29, 1.82) is 0 Å². The first kappa shape index (κ1) is 18.6. The van der Waals surface area contributed by atoms with E-state index in [0.29, 0.717) is 0 Å². The molecule has 0 unspecified atom stereocenters. The lowest BCUT2D eigenvalue weighted by atomic mass is 10.3. The van der Waals surface area contributed by atoms with Gasteiger partial charge in [-0.15, -0.1) is 0 Å². The third kappa shape index (κ3) is 8.37. The lowest BCUT2D eigenvalue weighted by Gasteiger charge is -2.13. The van der Waals surface area contributed by atoms with Crippen LogP contribution in [0, 0.1) is 0 Å². The summed E-state index contributed by atoms with van der Waals surface area (Å²) in [6.45, 7) is -0.616. The molecule has 0 aliphatic rings. The number of nitrogens with zero attached hydrogens (tertiary/aromatic N) is 1. The second-order valence-corrected chi connectivity index (χ2v) is 4.10. The normalized spacial score (nSPS) is 11.6. The summed E-state index contributed by atoms with van der Waals surface area (Å²) in [5.41, 5.74) is 5.48. The van der Waals surface area contributed by atoms with Crippen molar-refractivity contribution in [3.05, 3.63) is 12.2 Å². The van der Waals surface area contributed by atoms with Gasteiger partial charge in [0, 0.05) is 32.8 Å². The first-order chi connectivity index (χ1) is 9.77. The monoisotopic (exact) mass is 301 g/mol. The molecular weight excluding hydrogens is 282 g/mol. The number of amides is 2. The minimum atomic E-state index is -1.12. The highest BCUT2D eigenvalue weighted by Gasteiger charge is 2.17. The second kappa shape index (κ2) is 9.48. The third-order valence-electron chi connectivity index (χ3n) is 2.21. The van der Waals surface area contributed by atoms with E-state index in [1.165, 1.54) is 26.1 Å². The number of hydrogen-bond acceptors (Lipinski definition) is 7. The maximum atomic E-state index is 11.4. The fraction of sp³-hybridized carbons (Fsp3) is 0.500. The minimum absolute atomic E-state index is 0.195. The summed E-state index contributed by atoms with van der Waals surface area (Å²) in [6.07, 6.45) is 1.87. The fourth-order valence-corrected chi connectivity index (χ4v) is 0.934. The van der Waals surface area contributed by atoms with Gasteiger partial charge in [0.1, 0.15) is 6.04 Å². The number of hydrogen-bond donors (Lipinski definition) is 2. The van der Waals surface area contributed by atoms with E-state index in [-0.39, 0.29) is 12.5 Å². The van der Waals surface area contributed by atoms with Crippen molar-refractivity contribution in [3.8, 4) is 0 Å². The summed E-state index contributed by atoms with van der Waals surface area (Å²) in [6, 6.07) is -1.12. The van der Waals surface area contributed by atoms with Gasteiger partial charge in [0.25, 0.3) is 5.91 Å². The summed E-state index contributed by atoms with van der Waals surface area (Å²) in [5, 5.41) is 2.30. The average Bonchev–Trinajstić information content (AvgIpc) is 2.46. The zero-order valence-electron chi connectivity index (χ0n) is 12.1. The molecule has 0 saturated carbocycles. The Kier molecular flexibility index (Phi) is 8.39. The maximum Gasteiger partial charge on any atom is 0.330 e. The summed E-state index contributed by atoms with van der Waals surface area (Å²) in [7, 11) is 4.21. The Morgan fingerprint density at radius 1 is 1.24 bits per heavy atom. The molecule has 0 spiro atoms. The van der Waals surface area contributed by atoms with Crippen LogP contribution in [0.5, 0.6) is 0 Å². The molecule has 0 radical (unpaired) electrons. The van der Waals surface area contributed by atoms with Crippen LogP contribution in [0.2, 0.25) is 0 Å². The molecule has 9 nitrogen and oxygen atoms in total. The van der Waals surface area contributed by atoms with E-state index in [4.69, 9.17) is 5.73 Å². The van der Waals surface area contributed by atoms with E-state index in [0.717, 1.165) is 12.2 Å². The van der Waals surface area contributed by atoms with Crippen LogP contribution in [0.3, 0.4) is 0 Å². The fourth-order valence-electron chi connectivity index (χ4n) is 0.934. The van der Waals surface area contributed by atoms with Crippen LogP contribution in [0.15, 0.2) is 12.2 Å². The number of nitrogens with one attached hydrogen (secondary N) is 1. The summed E-state index contributed by atoms with van der Waals surface area (Å²) in [4.78, 5) is 45.9. The van der Waals surface area contributed by atoms with Gasteiger partial charge in [-0.3, -0.25) is 14.4 Å². The van der Waals surface area contributed by atoms with Crippen LogP contribution in [0.4, 0.5) is 0 Å². The van der Waals surface area contributed by atoms with Crippen LogP contribution in [0.25, 0.3) is 0 Å². The van der Waals surface area contributed by atoms with E-state index in [1.54, 1.807) is 0 Å². The van der Waals surface area contributed by atoms with Crippen molar-refractivity contribution in [2.24, 2.45) is 5.73 Å². The molecule has 0 aromatic rings. The van der Waals surface area contributed by atoms with E-state index in [2.05, 4.69) is 14.8 Å². The van der Waals surface area contributed by atoms with E-state index in [1.807, 2.05) is 0 Å². The zero-order valence-corrected chi connectivity index (χ0v) is 12.1. The average molecular weight is 301 g/mol. The molecule has 0 aliphatic carbocycles. The summed E-state index contributed by atoms with van der Waals surface area (Å²) in [5.74, 6) is -2.51. The zero-order chi connectivity index (χ0) is 16.4. The molecule has 9 heteroatoms. The number of ether oxygens (including phenoxy) is 2. The quantitative estimate of drug-likeness (QED) is 0.403. The van der Waals surface area contributed by atoms with E-state index in [9.17, 15) is 19.2 Å². The first-order valence-electron chi connectivity index (χ1n) is 5.94. The number of likely N-dealkylation sites (N-methyl/N-ethyl adjacent to an activating group) is 1. The van der Waals surface area contributed by atoms with E-state index >= 15 is 0 Å². The van der Waals surface area contributed by atoms with Gasteiger partial charge in [0.2, 0.25) is 5.91 Å². The molecule has 0 heterocycles. The van der Waals surface area contributed by atoms with Gasteiger partial charge in [-0.1, -0.05) is 0 Å². The number of rotatable bonds is 7. The Bertz CT molecular complexity index is 433. The predicted octanol–water partition coefficient (Wildman–Crippen LogP) is -2.21. The standard InChI is InChI=1S/C12H19N3O6/c1-15(2)10(17)7-21-12(19)8(13)6-14-9(16)4-5-11(18)20-3/h4-5,8H,6-7,13H2,1-3H3,(H,14,16)/b5-4+/t8-/m0/s1. The smallest absolute Gasteiger partial charge is 0.330 e. The van der Waals surface area contributed by atoms with Gasteiger partial charge < -0.3 is 25.4 Å². The van der Waals surface area contributed by atoms with Crippen molar-refractivity contribution < 1.29 is 28.7 Å². The first-order valence-corrected chi connectivity index (χ1v) is 5.94. The highest BCUT2D eigenvalue weighted by atomic mass is 16.5. The SMILES string of the molecule is COC(=O)/C=C/C(=O)NC[C@H](N)C(=O)OCC(=O)N(C)C. The number of esters is 2. The Labute approximate surface area is 122 Å². The van der Waals surface area contributed by atoms with Crippen LogP contribution in [-0.4, -0.2) is 69.1 Å². The molecule has 0 aliphatic heterocycles. The van der Waals surface area contributed by atoms with Gasteiger partial charge >= 0.3 is 11.9 Å².